The average Bonchev–Trinajstić information content (AvgIpc) is 2.34. The van der Waals surface area contributed by atoms with Crippen LogP contribution in [0.4, 0.5) is 0 Å². The number of aliphatic hydroxyl groups is 1. The smallest absolute Gasteiger partial charge is 0.306 e. The first kappa shape index (κ1) is 26.1. The number of primary amides is 1. The van der Waals surface area contributed by atoms with Crippen LogP contribution in [-0.2, 0) is 9.59 Å². The minimum atomic E-state index is -0.853. The Hall–Kier alpha value is -0.850. The van der Waals surface area contributed by atoms with Gasteiger partial charge in [0.05, 0.1) is 12.0 Å². The number of carboxylic acid groups (broad SMARTS) is 1. The molecule has 0 aliphatic heterocycles. The molecule has 0 aromatic rings. The van der Waals surface area contributed by atoms with Crippen LogP contribution in [0.2, 0.25) is 0 Å². The van der Waals surface area contributed by atoms with Gasteiger partial charge in [0.15, 0.2) is 0 Å². The number of nitrogens with two attached hydrogens (primary N) is 2. The summed E-state index contributed by atoms with van der Waals surface area (Å²) >= 11 is 0. The minimum Gasteiger partial charge on any atom is -0.481 e. The number of carbonyl (C=O) groups is 2. The lowest BCUT2D eigenvalue weighted by Crippen LogP contribution is -2.38. The zero-order valence-electron chi connectivity index (χ0n) is 14.3. The van der Waals surface area contributed by atoms with Crippen LogP contribution in [0.3, 0.4) is 0 Å². The van der Waals surface area contributed by atoms with Crippen molar-refractivity contribution in [3.63, 3.8) is 0 Å². The Labute approximate surface area is 140 Å². The van der Waals surface area contributed by atoms with Gasteiger partial charge >= 0.3 is 5.97 Å². The molecule has 0 saturated carbocycles. The molecule has 0 fully saturated rings. The molecule has 7 heteroatoms. The average molecular weight is 341 g/mol. The molecule has 0 rings (SSSR count). The summed E-state index contributed by atoms with van der Waals surface area (Å²) in [6, 6.07) is -0.321. The van der Waals surface area contributed by atoms with Gasteiger partial charge in [0, 0.05) is 12.0 Å². The Morgan fingerprint density at radius 2 is 1.50 bits per heavy atom. The van der Waals surface area contributed by atoms with E-state index in [1.54, 1.807) is 20.8 Å². The molecule has 0 bridgehead atoms. The third-order valence-electron chi connectivity index (χ3n) is 3.17. The van der Waals surface area contributed by atoms with Crippen LogP contribution in [0, 0.1) is 17.8 Å². The van der Waals surface area contributed by atoms with Crippen LogP contribution < -0.4 is 11.5 Å². The molecule has 0 aliphatic rings. The lowest BCUT2D eigenvalue weighted by Gasteiger charge is -2.22. The number of hydrogen-bond donors (Lipinski definition) is 4. The van der Waals surface area contributed by atoms with Gasteiger partial charge in [-0.3, -0.25) is 9.59 Å². The molecule has 0 radical (unpaired) electrons. The molecule has 3 unspecified atom stereocenters. The van der Waals surface area contributed by atoms with E-state index in [0.29, 0.717) is 12.3 Å². The van der Waals surface area contributed by atoms with Gasteiger partial charge in [-0.2, -0.15) is 0 Å². The molecule has 22 heavy (non-hydrogen) atoms. The van der Waals surface area contributed by atoms with Gasteiger partial charge in [-0.05, 0) is 25.2 Å². The number of rotatable bonds is 8. The van der Waals surface area contributed by atoms with Crippen LogP contribution in [0.25, 0.3) is 0 Å². The Kier molecular flexibility index (Phi) is 16.3. The highest BCUT2D eigenvalue weighted by atomic mass is 35.5. The molecule has 6 N–H and O–H groups in total. The maximum Gasteiger partial charge on any atom is 0.306 e. The van der Waals surface area contributed by atoms with E-state index >= 15 is 0 Å². The molecule has 0 aromatic carbocycles. The van der Waals surface area contributed by atoms with Crippen LogP contribution in [0.15, 0.2) is 0 Å². The summed E-state index contributed by atoms with van der Waals surface area (Å²) in [7, 11) is 0. The second-order valence-corrected chi connectivity index (χ2v) is 6.10. The van der Waals surface area contributed by atoms with Gasteiger partial charge in [0.2, 0.25) is 5.91 Å². The summed E-state index contributed by atoms with van der Waals surface area (Å²) in [4.78, 5) is 20.7. The fraction of sp³-hybridized carbons (Fsp3) is 0.867. The minimum absolute atomic E-state index is 0. The monoisotopic (exact) mass is 340 g/mol. The van der Waals surface area contributed by atoms with Crippen LogP contribution in [0.1, 0.15) is 53.9 Å². The normalized spacial score (nSPS) is 14.4. The molecule has 6 nitrogen and oxygen atoms in total. The number of amides is 1. The fourth-order valence-corrected chi connectivity index (χ4v) is 1.61. The number of aliphatic carboxylic acids is 1. The molecule has 0 saturated heterocycles. The standard InChI is InChI=1S/C11H23NO3.C4H9NO.ClH/c1-4-8(11(14)15)6-10(13)9(12)5-7(2)3;1-3(2)4(5)6;/h7-10,13H,4-6,12H2,1-3H3,(H,14,15);3H,1-2H3,(H2,5,6);1H. The zero-order valence-corrected chi connectivity index (χ0v) is 15.1. The quantitative estimate of drug-likeness (QED) is 0.535. The Morgan fingerprint density at radius 1 is 1.09 bits per heavy atom. The van der Waals surface area contributed by atoms with E-state index in [2.05, 4.69) is 0 Å². The Morgan fingerprint density at radius 3 is 1.73 bits per heavy atom. The van der Waals surface area contributed by atoms with Gasteiger partial charge in [-0.25, -0.2) is 0 Å². The van der Waals surface area contributed by atoms with Crippen molar-refractivity contribution in [1.29, 1.82) is 0 Å². The highest BCUT2D eigenvalue weighted by Crippen LogP contribution is 2.16. The molecule has 0 heterocycles. The molecule has 134 valence electrons. The molecule has 0 spiro atoms. The van der Waals surface area contributed by atoms with E-state index in [-0.39, 0.29) is 36.7 Å². The highest BCUT2D eigenvalue weighted by molar-refractivity contribution is 5.85. The van der Waals surface area contributed by atoms with Crippen molar-refractivity contribution in [2.75, 3.05) is 0 Å². The van der Waals surface area contributed by atoms with Gasteiger partial charge in [0.1, 0.15) is 0 Å². The van der Waals surface area contributed by atoms with E-state index in [0.717, 1.165) is 6.42 Å². The summed E-state index contributed by atoms with van der Waals surface area (Å²) < 4.78 is 0. The van der Waals surface area contributed by atoms with Crippen LogP contribution in [-0.4, -0.2) is 34.2 Å². The van der Waals surface area contributed by atoms with Gasteiger partial charge in [0.25, 0.3) is 0 Å². The van der Waals surface area contributed by atoms with Gasteiger partial charge in [-0.15, -0.1) is 12.4 Å². The number of halogens is 1. The van der Waals surface area contributed by atoms with Crippen molar-refractivity contribution in [1.82, 2.24) is 0 Å². The Bertz CT molecular complexity index is 312. The van der Waals surface area contributed by atoms with Crippen molar-refractivity contribution < 1.29 is 19.8 Å². The van der Waals surface area contributed by atoms with Crippen molar-refractivity contribution in [2.45, 2.75) is 66.0 Å². The largest absolute Gasteiger partial charge is 0.481 e. The third kappa shape index (κ3) is 14.1. The molecule has 3 atom stereocenters. The van der Waals surface area contributed by atoms with Crippen molar-refractivity contribution in [2.24, 2.45) is 29.2 Å². The van der Waals surface area contributed by atoms with E-state index in [9.17, 15) is 14.7 Å². The summed E-state index contributed by atoms with van der Waals surface area (Å²) in [5, 5.41) is 18.6. The summed E-state index contributed by atoms with van der Waals surface area (Å²) in [6.45, 7) is 9.40. The van der Waals surface area contributed by atoms with Gasteiger partial charge < -0.3 is 21.7 Å². The SMILES string of the molecule is CC(C)C(N)=O.CCC(CC(O)C(N)CC(C)C)C(=O)O.Cl. The van der Waals surface area contributed by atoms with E-state index < -0.39 is 18.0 Å². The van der Waals surface area contributed by atoms with Crippen molar-refractivity contribution in [3.8, 4) is 0 Å². The summed E-state index contributed by atoms with van der Waals surface area (Å²) in [5.41, 5.74) is 10.6. The first-order chi connectivity index (χ1) is 9.52. The topological polar surface area (TPSA) is 127 Å². The Balaban J connectivity index is -0.000000439. The fourth-order valence-electron chi connectivity index (χ4n) is 1.61. The van der Waals surface area contributed by atoms with Gasteiger partial charge in [-0.1, -0.05) is 34.6 Å². The number of carboxylic acids is 1. The van der Waals surface area contributed by atoms with Crippen molar-refractivity contribution in [3.05, 3.63) is 0 Å². The second-order valence-electron chi connectivity index (χ2n) is 6.10. The van der Waals surface area contributed by atoms with E-state index in [1.807, 2.05) is 13.8 Å². The van der Waals surface area contributed by atoms with E-state index in [4.69, 9.17) is 16.6 Å². The first-order valence-corrected chi connectivity index (χ1v) is 7.48. The number of aliphatic hydroxyl groups excluding tert-OH is 1. The summed E-state index contributed by atoms with van der Waals surface area (Å²) in [6.07, 6.45) is 0.783. The maximum atomic E-state index is 10.8. The lowest BCUT2D eigenvalue weighted by atomic mass is 9.91. The predicted molar refractivity (Wildman–Crippen MR) is 90.8 cm³/mol. The zero-order chi connectivity index (χ0) is 17.2. The van der Waals surface area contributed by atoms with E-state index in [1.165, 1.54) is 0 Å². The molecule has 0 aliphatic carbocycles. The van der Waals surface area contributed by atoms with Crippen LogP contribution in [0.5, 0.6) is 0 Å². The predicted octanol–water partition coefficient (Wildman–Crippen LogP) is 1.77. The maximum absolute atomic E-state index is 10.8. The third-order valence-corrected chi connectivity index (χ3v) is 3.17. The molecular formula is C15H33ClN2O4. The number of carbonyl (C=O) groups excluding carboxylic acids is 1. The van der Waals surface area contributed by atoms with Crippen molar-refractivity contribution >= 4 is 24.3 Å². The molecular weight excluding hydrogens is 308 g/mol. The second kappa shape index (κ2) is 13.8. The van der Waals surface area contributed by atoms with Crippen LogP contribution >= 0.6 is 12.4 Å². The number of hydrogen-bond acceptors (Lipinski definition) is 4. The molecule has 1 amide bonds. The lowest BCUT2D eigenvalue weighted by molar-refractivity contribution is -0.143. The first-order valence-electron chi connectivity index (χ1n) is 7.48. The summed E-state index contributed by atoms with van der Waals surface area (Å²) in [5.74, 6) is -1.17. The highest BCUT2D eigenvalue weighted by Gasteiger charge is 2.23. The molecule has 0 aromatic heterocycles.